The third kappa shape index (κ3) is 8.91. The molecular formula is C2H7ClN2S. The first-order valence-corrected chi connectivity index (χ1v) is 1.66. The SMILES string of the molecule is Cl.NCC(N)=S. The highest BCUT2D eigenvalue weighted by molar-refractivity contribution is 7.80. The molecule has 4 heteroatoms. The Labute approximate surface area is 48.3 Å². The molecule has 0 aliphatic carbocycles. The number of thiocarbonyl (C=S) groups is 1. The van der Waals surface area contributed by atoms with Crippen LogP contribution >= 0.6 is 24.6 Å². The van der Waals surface area contributed by atoms with Crippen LogP contribution in [0.4, 0.5) is 0 Å². The molecule has 0 spiro atoms. The Balaban J connectivity index is 0. The van der Waals surface area contributed by atoms with E-state index in [-0.39, 0.29) is 12.4 Å². The minimum atomic E-state index is 0. The summed E-state index contributed by atoms with van der Waals surface area (Å²) >= 11 is 4.35. The lowest BCUT2D eigenvalue weighted by molar-refractivity contribution is 1.31. The minimum Gasteiger partial charge on any atom is -0.392 e. The second-order valence-electron chi connectivity index (χ2n) is 0.670. The molecule has 0 aromatic rings. The maximum atomic E-state index is 4.91. The van der Waals surface area contributed by atoms with E-state index < -0.39 is 0 Å². The van der Waals surface area contributed by atoms with E-state index >= 15 is 0 Å². The van der Waals surface area contributed by atoms with E-state index in [1.807, 2.05) is 0 Å². The fraction of sp³-hybridized carbons (Fsp3) is 0.500. The largest absolute Gasteiger partial charge is 0.392 e. The summed E-state index contributed by atoms with van der Waals surface area (Å²) in [6, 6.07) is 0. The Morgan fingerprint density at radius 1 is 1.67 bits per heavy atom. The summed E-state index contributed by atoms with van der Waals surface area (Å²) in [6.45, 7) is 0.315. The molecule has 0 bridgehead atoms. The first-order chi connectivity index (χ1) is 2.27. The molecule has 0 aromatic carbocycles. The van der Waals surface area contributed by atoms with Crippen LogP contribution in [0.25, 0.3) is 0 Å². The lowest BCUT2D eigenvalue weighted by Gasteiger charge is -1.79. The predicted molar refractivity (Wildman–Crippen MR) is 33.1 cm³/mol. The Kier molecular flexibility index (Phi) is 8.11. The fourth-order valence-corrected chi connectivity index (χ4v) is 0. The molecule has 0 saturated heterocycles. The monoisotopic (exact) mass is 126 g/mol. The lowest BCUT2D eigenvalue weighted by atomic mass is 10.7. The standard InChI is InChI=1S/C2H6N2S.ClH/c3-1-2(4)5;/h1,3H2,(H2,4,5);1H. The van der Waals surface area contributed by atoms with Crippen LogP contribution in [0.5, 0.6) is 0 Å². The van der Waals surface area contributed by atoms with Gasteiger partial charge in [-0.1, -0.05) is 12.2 Å². The van der Waals surface area contributed by atoms with Gasteiger partial charge in [-0.3, -0.25) is 0 Å². The van der Waals surface area contributed by atoms with Gasteiger partial charge in [0.1, 0.15) is 0 Å². The normalized spacial score (nSPS) is 6.17. The molecule has 0 rings (SSSR count). The number of nitrogens with two attached hydrogens (primary N) is 2. The van der Waals surface area contributed by atoms with Gasteiger partial charge in [-0.2, -0.15) is 0 Å². The van der Waals surface area contributed by atoms with E-state index in [1.165, 1.54) is 0 Å². The average Bonchev–Trinajstić information content (AvgIpc) is 1.38. The van der Waals surface area contributed by atoms with E-state index in [2.05, 4.69) is 12.2 Å². The van der Waals surface area contributed by atoms with Crippen LogP contribution in [0.3, 0.4) is 0 Å². The Morgan fingerprint density at radius 2 is 1.83 bits per heavy atom. The highest BCUT2D eigenvalue weighted by Gasteiger charge is 1.70. The van der Waals surface area contributed by atoms with Crippen molar-refractivity contribution in [1.29, 1.82) is 0 Å². The second-order valence-corrected chi connectivity index (χ2v) is 1.19. The minimum absolute atomic E-state index is 0. The Hall–Kier alpha value is 0.140. The molecule has 0 aromatic heterocycles. The fourth-order valence-electron chi connectivity index (χ4n) is 0. The van der Waals surface area contributed by atoms with Crippen molar-refractivity contribution in [3.63, 3.8) is 0 Å². The molecule has 4 N–H and O–H groups in total. The molecule has 0 aliphatic heterocycles. The number of hydrogen-bond acceptors (Lipinski definition) is 2. The van der Waals surface area contributed by atoms with Crippen molar-refractivity contribution in [2.24, 2.45) is 11.5 Å². The van der Waals surface area contributed by atoms with E-state index in [9.17, 15) is 0 Å². The first kappa shape index (κ1) is 9.46. The molecule has 38 valence electrons. The first-order valence-electron chi connectivity index (χ1n) is 1.25. The van der Waals surface area contributed by atoms with Gasteiger partial charge in [-0.25, -0.2) is 0 Å². The van der Waals surface area contributed by atoms with Crippen molar-refractivity contribution < 1.29 is 0 Å². The molecule has 0 unspecified atom stereocenters. The zero-order chi connectivity index (χ0) is 4.28. The second kappa shape index (κ2) is 5.14. The van der Waals surface area contributed by atoms with E-state index in [4.69, 9.17) is 11.5 Å². The van der Waals surface area contributed by atoms with Crippen molar-refractivity contribution in [2.45, 2.75) is 0 Å². The van der Waals surface area contributed by atoms with Crippen LogP contribution in [0.2, 0.25) is 0 Å². The van der Waals surface area contributed by atoms with Crippen molar-refractivity contribution in [3.05, 3.63) is 0 Å². The molecule has 0 radical (unpaired) electrons. The maximum absolute atomic E-state index is 4.91. The molecule has 0 heterocycles. The third-order valence-electron chi connectivity index (χ3n) is 0.201. The van der Waals surface area contributed by atoms with Crippen molar-refractivity contribution in [1.82, 2.24) is 0 Å². The van der Waals surface area contributed by atoms with Gasteiger partial charge in [0, 0.05) is 6.54 Å². The van der Waals surface area contributed by atoms with E-state index in [0.717, 1.165) is 0 Å². The Bertz CT molecular complexity index is 46.8. The van der Waals surface area contributed by atoms with E-state index in [0.29, 0.717) is 11.5 Å². The zero-order valence-electron chi connectivity index (χ0n) is 3.18. The summed E-state index contributed by atoms with van der Waals surface area (Å²) in [5.74, 6) is 0. The molecule has 0 aliphatic rings. The molecular weight excluding hydrogens is 120 g/mol. The van der Waals surface area contributed by atoms with Crippen LogP contribution in [-0.2, 0) is 0 Å². The zero-order valence-corrected chi connectivity index (χ0v) is 4.81. The summed E-state index contributed by atoms with van der Waals surface area (Å²) in [5, 5.41) is 0. The number of halogens is 1. The van der Waals surface area contributed by atoms with E-state index in [1.54, 1.807) is 0 Å². The van der Waals surface area contributed by atoms with Gasteiger partial charge < -0.3 is 11.5 Å². The van der Waals surface area contributed by atoms with Gasteiger partial charge in [0.25, 0.3) is 0 Å². The summed E-state index contributed by atoms with van der Waals surface area (Å²) in [4.78, 5) is 0.366. The third-order valence-corrected chi connectivity index (χ3v) is 0.368. The van der Waals surface area contributed by atoms with Crippen molar-refractivity contribution >= 4 is 29.6 Å². The molecule has 6 heavy (non-hydrogen) atoms. The van der Waals surface area contributed by atoms with Gasteiger partial charge in [0.2, 0.25) is 0 Å². The number of rotatable bonds is 1. The molecule has 0 fully saturated rings. The van der Waals surface area contributed by atoms with Gasteiger partial charge >= 0.3 is 0 Å². The van der Waals surface area contributed by atoms with Crippen LogP contribution in [0, 0.1) is 0 Å². The summed E-state index contributed by atoms with van der Waals surface area (Å²) in [7, 11) is 0. The van der Waals surface area contributed by atoms with Gasteiger partial charge in [-0.15, -0.1) is 12.4 Å². The highest BCUT2D eigenvalue weighted by Crippen LogP contribution is 1.49. The van der Waals surface area contributed by atoms with Gasteiger partial charge in [0.05, 0.1) is 4.99 Å². The Morgan fingerprint density at radius 3 is 1.83 bits per heavy atom. The van der Waals surface area contributed by atoms with Gasteiger partial charge in [-0.05, 0) is 0 Å². The smallest absolute Gasteiger partial charge is 0.0865 e. The molecule has 0 atom stereocenters. The van der Waals surface area contributed by atoms with Gasteiger partial charge in [0.15, 0.2) is 0 Å². The van der Waals surface area contributed by atoms with Crippen molar-refractivity contribution in [3.8, 4) is 0 Å². The number of hydrogen-bond donors (Lipinski definition) is 2. The molecule has 2 nitrogen and oxygen atoms in total. The highest BCUT2D eigenvalue weighted by atomic mass is 35.5. The average molecular weight is 127 g/mol. The molecule has 0 amide bonds. The molecule has 0 saturated carbocycles. The lowest BCUT2D eigenvalue weighted by Crippen LogP contribution is -2.19. The quantitative estimate of drug-likeness (QED) is 0.473. The van der Waals surface area contributed by atoms with Crippen molar-refractivity contribution in [2.75, 3.05) is 6.54 Å². The summed E-state index contributed by atoms with van der Waals surface area (Å²) in [5.41, 5.74) is 9.80. The van der Waals surface area contributed by atoms with Crippen LogP contribution in [-0.4, -0.2) is 11.5 Å². The summed E-state index contributed by atoms with van der Waals surface area (Å²) in [6.07, 6.45) is 0. The predicted octanol–water partition coefficient (Wildman–Crippen LogP) is -0.347. The maximum Gasteiger partial charge on any atom is 0.0865 e. The van der Waals surface area contributed by atoms with Crippen LogP contribution in [0.1, 0.15) is 0 Å². The summed E-state index contributed by atoms with van der Waals surface area (Å²) < 4.78 is 0. The van der Waals surface area contributed by atoms with Crippen LogP contribution in [0.15, 0.2) is 0 Å². The van der Waals surface area contributed by atoms with Crippen LogP contribution < -0.4 is 11.5 Å². The topological polar surface area (TPSA) is 52.0 Å².